The van der Waals surface area contributed by atoms with E-state index in [0.717, 1.165) is 12.4 Å². The second kappa shape index (κ2) is 3.97. The number of imidazole rings is 1. The summed E-state index contributed by atoms with van der Waals surface area (Å²) in [5, 5.41) is 0. The minimum absolute atomic E-state index is 0.445. The smallest absolute Gasteiger partial charge is 0.170 e. The van der Waals surface area contributed by atoms with Crippen LogP contribution in [-0.2, 0) is 6.54 Å². The Bertz CT molecular complexity index is 593. The molecule has 0 saturated heterocycles. The maximum Gasteiger partial charge on any atom is 0.170 e. The predicted octanol–water partition coefficient (Wildman–Crippen LogP) is 1.71. The second-order valence-electron chi connectivity index (χ2n) is 3.85. The van der Waals surface area contributed by atoms with Crippen molar-refractivity contribution < 1.29 is 0 Å². The number of nitrogens with zero attached hydrogens (tertiary/aromatic N) is 4. The lowest BCUT2D eigenvalue weighted by molar-refractivity contribution is 0.741. The van der Waals surface area contributed by atoms with Crippen LogP contribution in [0.2, 0.25) is 0 Å². The molecule has 0 saturated carbocycles. The quantitative estimate of drug-likeness (QED) is 0.845. The topological polar surface area (TPSA) is 68.6 Å². The van der Waals surface area contributed by atoms with E-state index in [1.54, 1.807) is 6.33 Å². The van der Waals surface area contributed by atoms with Crippen LogP contribution in [0.3, 0.4) is 0 Å². The number of fused-ring (bicyclic) bond motifs is 1. The van der Waals surface area contributed by atoms with Crippen molar-refractivity contribution >= 4 is 11.8 Å². The van der Waals surface area contributed by atoms with Gasteiger partial charge in [0.15, 0.2) is 12.0 Å². The standard InChI is InChI=1S/C12H11N5/c13-11-10-12(15-7-14-11)17(8-16-10)6-9-4-2-1-3-5-9/h1-5,8,11H,6,13H2. The zero-order valence-electron chi connectivity index (χ0n) is 9.11. The molecule has 0 spiro atoms. The van der Waals surface area contributed by atoms with E-state index >= 15 is 0 Å². The molecule has 5 nitrogen and oxygen atoms in total. The molecule has 1 atom stereocenters. The van der Waals surface area contributed by atoms with E-state index in [4.69, 9.17) is 5.73 Å². The normalized spacial score (nSPS) is 17.1. The molecule has 2 N–H and O–H groups in total. The van der Waals surface area contributed by atoms with Gasteiger partial charge in [-0.15, -0.1) is 0 Å². The van der Waals surface area contributed by atoms with Crippen LogP contribution in [0.4, 0.5) is 5.82 Å². The van der Waals surface area contributed by atoms with Crippen LogP contribution in [0.15, 0.2) is 46.6 Å². The monoisotopic (exact) mass is 225 g/mol. The highest BCUT2D eigenvalue weighted by Crippen LogP contribution is 2.26. The van der Waals surface area contributed by atoms with Crippen LogP contribution in [0.25, 0.3) is 0 Å². The van der Waals surface area contributed by atoms with Crippen molar-refractivity contribution in [3.63, 3.8) is 0 Å². The van der Waals surface area contributed by atoms with Crippen molar-refractivity contribution in [2.75, 3.05) is 0 Å². The fourth-order valence-electron chi connectivity index (χ4n) is 1.82. The summed E-state index contributed by atoms with van der Waals surface area (Å²) in [6.07, 6.45) is 1.29. The van der Waals surface area contributed by atoms with Gasteiger partial charge in [-0.25, -0.2) is 4.98 Å². The van der Waals surface area contributed by atoms with Crippen molar-refractivity contribution in [3.8, 4) is 0 Å². The van der Waals surface area contributed by atoms with Crippen LogP contribution in [-0.4, -0.2) is 15.6 Å². The van der Waals surface area contributed by atoms with E-state index in [2.05, 4.69) is 33.1 Å². The van der Waals surface area contributed by atoms with Crippen molar-refractivity contribution in [1.82, 2.24) is 9.55 Å². The first-order valence-electron chi connectivity index (χ1n) is 5.35. The van der Waals surface area contributed by atoms with E-state index in [-0.39, 0.29) is 0 Å². The van der Waals surface area contributed by atoms with Gasteiger partial charge in [0.05, 0.1) is 18.9 Å². The molecule has 0 aliphatic carbocycles. The van der Waals surface area contributed by atoms with E-state index in [0.29, 0.717) is 5.69 Å². The molecular formula is C12H11N5. The fraction of sp³-hybridized carbons (Fsp3) is 0.167. The number of aromatic nitrogens is 2. The van der Waals surface area contributed by atoms with E-state index in [1.807, 2.05) is 22.8 Å². The molecule has 3 rings (SSSR count). The summed E-state index contributed by atoms with van der Waals surface area (Å²) in [5.41, 5.74) is 7.69. The average molecular weight is 225 g/mol. The van der Waals surface area contributed by atoms with Gasteiger partial charge in [0.2, 0.25) is 0 Å². The SMILES string of the molecule is NC1N=C=Nc2c1ncn2Cc1ccccc1. The Morgan fingerprint density at radius 3 is 2.94 bits per heavy atom. The van der Waals surface area contributed by atoms with Crippen molar-refractivity contribution in [2.24, 2.45) is 15.7 Å². The van der Waals surface area contributed by atoms with E-state index in [1.165, 1.54) is 5.56 Å². The van der Waals surface area contributed by atoms with E-state index < -0.39 is 6.17 Å². The molecule has 17 heavy (non-hydrogen) atoms. The molecule has 0 fully saturated rings. The zero-order chi connectivity index (χ0) is 11.7. The predicted molar refractivity (Wildman–Crippen MR) is 64.2 cm³/mol. The van der Waals surface area contributed by atoms with Crippen LogP contribution in [0, 0.1) is 0 Å². The lowest BCUT2D eigenvalue weighted by Crippen LogP contribution is -2.10. The highest BCUT2D eigenvalue weighted by molar-refractivity contribution is 5.56. The molecule has 2 heterocycles. The van der Waals surface area contributed by atoms with Gasteiger partial charge in [0, 0.05) is 0 Å². The molecule has 5 heteroatoms. The molecule has 1 aromatic heterocycles. The van der Waals surface area contributed by atoms with Gasteiger partial charge in [-0.2, -0.15) is 9.98 Å². The number of benzene rings is 1. The lowest BCUT2D eigenvalue weighted by atomic mass is 10.2. The number of aliphatic imine (C=N–C) groups is 2. The summed E-state index contributed by atoms with van der Waals surface area (Å²) >= 11 is 0. The number of nitrogens with two attached hydrogens (primary N) is 1. The molecule has 0 bridgehead atoms. The maximum atomic E-state index is 5.79. The third-order valence-corrected chi connectivity index (χ3v) is 2.67. The molecule has 0 radical (unpaired) electrons. The van der Waals surface area contributed by atoms with Gasteiger partial charge in [0.1, 0.15) is 5.69 Å². The summed E-state index contributed by atoms with van der Waals surface area (Å²) in [7, 11) is 0. The Kier molecular flexibility index (Phi) is 2.33. The Labute approximate surface area is 98.3 Å². The second-order valence-corrected chi connectivity index (χ2v) is 3.85. The molecule has 1 unspecified atom stereocenters. The highest BCUT2D eigenvalue weighted by atomic mass is 15.2. The van der Waals surface area contributed by atoms with Gasteiger partial charge >= 0.3 is 0 Å². The first-order valence-corrected chi connectivity index (χ1v) is 5.35. The minimum atomic E-state index is -0.445. The number of hydrogen-bond donors (Lipinski definition) is 1. The summed E-state index contributed by atoms with van der Waals surface area (Å²) in [5.74, 6) is 0.747. The van der Waals surface area contributed by atoms with Crippen LogP contribution in [0.1, 0.15) is 17.4 Å². The van der Waals surface area contributed by atoms with Gasteiger partial charge in [-0.05, 0) is 5.56 Å². The summed E-state index contributed by atoms with van der Waals surface area (Å²) in [4.78, 5) is 12.2. The van der Waals surface area contributed by atoms with E-state index in [9.17, 15) is 0 Å². The molecular weight excluding hydrogens is 214 g/mol. The molecule has 1 aliphatic heterocycles. The summed E-state index contributed by atoms with van der Waals surface area (Å²) in [6, 6.07) is 12.7. The average Bonchev–Trinajstić information content (AvgIpc) is 2.76. The third-order valence-electron chi connectivity index (χ3n) is 2.67. The number of hydrogen-bond acceptors (Lipinski definition) is 4. The first kappa shape index (κ1) is 9.96. The van der Waals surface area contributed by atoms with Crippen LogP contribution >= 0.6 is 0 Å². The van der Waals surface area contributed by atoms with Crippen LogP contribution < -0.4 is 5.73 Å². The number of rotatable bonds is 2. The summed E-state index contributed by atoms with van der Waals surface area (Å²) in [6.45, 7) is 0.723. The molecule has 0 amide bonds. The highest BCUT2D eigenvalue weighted by Gasteiger charge is 2.18. The van der Waals surface area contributed by atoms with Gasteiger partial charge in [-0.3, -0.25) is 0 Å². The lowest BCUT2D eigenvalue weighted by Gasteiger charge is -2.08. The Morgan fingerprint density at radius 1 is 1.29 bits per heavy atom. The fourth-order valence-corrected chi connectivity index (χ4v) is 1.82. The Balaban J connectivity index is 1.96. The molecule has 1 aromatic carbocycles. The van der Waals surface area contributed by atoms with Crippen LogP contribution in [0.5, 0.6) is 0 Å². The van der Waals surface area contributed by atoms with Crippen molar-refractivity contribution in [1.29, 1.82) is 0 Å². The minimum Gasteiger partial charge on any atom is -0.310 e. The van der Waals surface area contributed by atoms with Gasteiger partial charge < -0.3 is 10.3 Å². The Hall–Kier alpha value is -2.23. The Morgan fingerprint density at radius 2 is 2.12 bits per heavy atom. The first-order chi connectivity index (χ1) is 8.34. The van der Waals surface area contributed by atoms with Crippen molar-refractivity contribution in [2.45, 2.75) is 12.7 Å². The molecule has 84 valence electrons. The molecule has 1 aliphatic rings. The third kappa shape index (κ3) is 1.78. The molecule has 2 aromatic rings. The van der Waals surface area contributed by atoms with Crippen molar-refractivity contribution in [3.05, 3.63) is 47.9 Å². The van der Waals surface area contributed by atoms with Gasteiger partial charge in [-0.1, -0.05) is 30.3 Å². The maximum absolute atomic E-state index is 5.79. The van der Waals surface area contributed by atoms with Gasteiger partial charge in [0.25, 0.3) is 0 Å². The zero-order valence-corrected chi connectivity index (χ0v) is 9.11. The largest absolute Gasteiger partial charge is 0.310 e. The summed E-state index contributed by atoms with van der Waals surface area (Å²) < 4.78 is 1.95.